The maximum Gasteiger partial charge on any atom is 0.306 e. The molecule has 0 heterocycles. The zero-order valence-electron chi connectivity index (χ0n) is 6.39. The van der Waals surface area contributed by atoms with Crippen molar-refractivity contribution in [3.05, 3.63) is 0 Å². The lowest BCUT2D eigenvalue weighted by molar-refractivity contribution is -0.138. The quantitative estimate of drug-likeness (QED) is 0.501. The lowest BCUT2D eigenvalue weighted by Crippen LogP contribution is -2.37. The molecule has 0 amide bonds. The third-order valence-corrected chi connectivity index (χ3v) is 1.88. The van der Waals surface area contributed by atoms with E-state index in [0.717, 1.165) is 0 Å². The van der Waals surface area contributed by atoms with Gasteiger partial charge in [0.05, 0.1) is 6.42 Å². The summed E-state index contributed by atoms with van der Waals surface area (Å²) in [5.74, 6) is -0.883. The number of halogens is 1. The Morgan fingerprint density at radius 3 is 2.20 bits per heavy atom. The summed E-state index contributed by atoms with van der Waals surface area (Å²) in [6.07, 6.45) is -0.0540. The van der Waals surface area contributed by atoms with E-state index in [1.54, 1.807) is 25.9 Å². The van der Waals surface area contributed by atoms with E-state index >= 15 is 0 Å². The fourth-order valence-corrected chi connectivity index (χ4v) is 0.548. The predicted octanol–water partition coefficient (Wildman–Crippen LogP) is 0.978. The molecule has 0 bridgehead atoms. The molecule has 0 aliphatic rings. The molecule has 10 heavy (non-hydrogen) atoms. The second-order valence-corrected chi connectivity index (χ2v) is 3.42. The Morgan fingerprint density at radius 1 is 1.70 bits per heavy atom. The zero-order valence-corrected chi connectivity index (χ0v) is 7.14. The lowest BCUT2D eigenvalue weighted by Gasteiger charge is -2.27. The Morgan fingerprint density at radius 2 is 2.10 bits per heavy atom. The van der Waals surface area contributed by atoms with Crippen LogP contribution in [0.3, 0.4) is 0 Å². The highest BCUT2D eigenvalue weighted by Crippen LogP contribution is 2.20. The minimum Gasteiger partial charge on any atom is -0.481 e. The van der Waals surface area contributed by atoms with Crippen LogP contribution in [0.25, 0.3) is 0 Å². The molecule has 1 unspecified atom stereocenters. The van der Waals surface area contributed by atoms with Gasteiger partial charge in [0.25, 0.3) is 0 Å². The van der Waals surface area contributed by atoms with E-state index in [0.29, 0.717) is 0 Å². The lowest BCUT2D eigenvalue weighted by atomic mass is 10.2. The van der Waals surface area contributed by atoms with E-state index in [9.17, 15) is 4.79 Å². The van der Waals surface area contributed by atoms with Gasteiger partial charge in [-0.2, -0.15) is 0 Å². The molecule has 3 nitrogen and oxygen atoms in total. The summed E-state index contributed by atoms with van der Waals surface area (Å²) in [4.78, 5) is 11.1. The van der Waals surface area contributed by atoms with Gasteiger partial charge < -0.3 is 5.11 Å². The molecular formula is C6H12ClNO2. The topological polar surface area (TPSA) is 40.5 Å². The number of alkyl halides is 1. The van der Waals surface area contributed by atoms with Gasteiger partial charge >= 0.3 is 5.97 Å². The predicted molar refractivity (Wildman–Crippen MR) is 40.2 cm³/mol. The summed E-state index contributed by atoms with van der Waals surface area (Å²) >= 11 is 5.81. The third-order valence-electron chi connectivity index (χ3n) is 1.41. The highest BCUT2D eigenvalue weighted by Gasteiger charge is 2.26. The number of carbonyl (C=O) groups is 1. The Hall–Kier alpha value is -0.280. The first kappa shape index (κ1) is 9.72. The number of rotatable bonds is 3. The fraction of sp³-hybridized carbons (Fsp3) is 0.833. The number of nitrogens with zero attached hydrogens (tertiary/aromatic N) is 1. The summed E-state index contributed by atoms with van der Waals surface area (Å²) in [5, 5.41) is 8.39. The molecule has 0 radical (unpaired) electrons. The Balaban J connectivity index is 3.99. The average Bonchev–Trinajstić information content (AvgIpc) is 1.60. The van der Waals surface area contributed by atoms with Crippen LogP contribution in [0, 0.1) is 0 Å². The SMILES string of the molecule is CN(C)C(C)(Cl)CC(=O)O. The van der Waals surface area contributed by atoms with E-state index in [2.05, 4.69) is 0 Å². The van der Waals surface area contributed by atoms with Crippen molar-refractivity contribution in [1.29, 1.82) is 0 Å². The van der Waals surface area contributed by atoms with Crippen molar-refractivity contribution in [1.82, 2.24) is 4.90 Å². The first-order chi connectivity index (χ1) is 4.36. The van der Waals surface area contributed by atoms with Crippen molar-refractivity contribution in [3.63, 3.8) is 0 Å². The summed E-state index contributed by atoms with van der Waals surface area (Å²) in [6, 6.07) is 0. The normalized spacial score (nSPS) is 16.9. The van der Waals surface area contributed by atoms with Crippen molar-refractivity contribution >= 4 is 17.6 Å². The van der Waals surface area contributed by atoms with Crippen molar-refractivity contribution in [2.24, 2.45) is 0 Å². The number of hydrogen-bond donors (Lipinski definition) is 1. The molecule has 4 heteroatoms. The molecule has 0 aromatic carbocycles. The van der Waals surface area contributed by atoms with E-state index in [4.69, 9.17) is 16.7 Å². The summed E-state index contributed by atoms with van der Waals surface area (Å²) < 4.78 is 0. The van der Waals surface area contributed by atoms with Gasteiger partial charge in [0, 0.05) is 0 Å². The van der Waals surface area contributed by atoms with Crippen molar-refractivity contribution in [2.45, 2.75) is 18.3 Å². The molecule has 1 atom stereocenters. The average molecular weight is 166 g/mol. The third kappa shape index (κ3) is 3.03. The first-order valence-corrected chi connectivity index (χ1v) is 3.32. The highest BCUT2D eigenvalue weighted by molar-refractivity contribution is 6.24. The van der Waals surface area contributed by atoms with Gasteiger partial charge in [-0.1, -0.05) is 0 Å². The van der Waals surface area contributed by atoms with E-state index in [1.807, 2.05) is 0 Å². The molecule has 1 N–H and O–H groups in total. The van der Waals surface area contributed by atoms with Crippen LogP contribution >= 0.6 is 11.6 Å². The minimum atomic E-state index is -0.883. The molecule has 0 aliphatic heterocycles. The maximum atomic E-state index is 10.2. The molecule has 0 aromatic rings. The maximum absolute atomic E-state index is 10.2. The molecule has 0 saturated carbocycles. The van der Waals surface area contributed by atoms with Gasteiger partial charge in [0.1, 0.15) is 5.00 Å². The Kier molecular flexibility index (Phi) is 3.12. The van der Waals surface area contributed by atoms with E-state index < -0.39 is 11.0 Å². The molecule has 0 aliphatic carbocycles. The van der Waals surface area contributed by atoms with Crippen LogP contribution in [0.15, 0.2) is 0 Å². The molecule has 0 rings (SSSR count). The zero-order chi connectivity index (χ0) is 8.36. The molecule has 0 aromatic heterocycles. The van der Waals surface area contributed by atoms with Gasteiger partial charge in [-0.3, -0.25) is 9.69 Å². The Bertz CT molecular complexity index is 134. The van der Waals surface area contributed by atoms with Crippen molar-refractivity contribution in [2.75, 3.05) is 14.1 Å². The van der Waals surface area contributed by atoms with Crippen molar-refractivity contribution < 1.29 is 9.90 Å². The molecule has 60 valence electrons. The summed E-state index contributed by atoms with van der Waals surface area (Å²) in [6.45, 7) is 1.67. The fourth-order valence-electron chi connectivity index (χ4n) is 0.434. The summed E-state index contributed by atoms with van der Waals surface area (Å²) in [7, 11) is 3.49. The van der Waals surface area contributed by atoms with Crippen LogP contribution in [0.1, 0.15) is 13.3 Å². The highest BCUT2D eigenvalue weighted by atomic mass is 35.5. The van der Waals surface area contributed by atoms with Gasteiger partial charge in [0.15, 0.2) is 0 Å². The summed E-state index contributed by atoms with van der Waals surface area (Å²) in [5.41, 5.74) is 0. The van der Waals surface area contributed by atoms with Gasteiger partial charge in [0.2, 0.25) is 0 Å². The van der Waals surface area contributed by atoms with Crippen LogP contribution in [0.5, 0.6) is 0 Å². The largest absolute Gasteiger partial charge is 0.481 e. The van der Waals surface area contributed by atoms with E-state index in [-0.39, 0.29) is 6.42 Å². The monoisotopic (exact) mass is 165 g/mol. The number of carboxylic acids is 1. The van der Waals surface area contributed by atoms with Crippen LogP contribution in [-0.2, 0) is 4.79 Å². The number of carboxylic acid groups (broad SMARTS) is 1. The molecular weight excluding hydrogens is 154 g/mol. The standard InChI is InChI=1S/C6H12ClNO2/c1-6(7,8(2)3)4-5(9)10/h4H2,1-3H3,(H,9,10). The second kappa shape index (κ2) is 3.21. The Labute approximate surface area is 65.6 Å². The molecule has 0 saturated heterocycles. The smallest absolute Gasteiger partial charge is 0.306 e. The molecule has 0 spiro atoms. The molecule has 0 fully saturated rings. The number of aliphatic carboxylic acids is 1. The van der Waals surface area contributed by atoms with Crippen LogP contribution in [0.4, 0.5) is 0 Å². The van der Waals surface area contributed by atoms with Crippen LogP contribution in [-0.4, -0.2) is 35.1 Å². The van der Waals surface area contributed by atoms with E-state index in [1.165, 1.54) is 0 Å². The van der Waals surface area contributed by atoms with Gasteiger partial charge in [-0.15, -0.1) is 11.6 Å². The van der Waals surface area contributed by atoms with Crippen LogP contribution in [0.2, 0.25) is 0 Å². The van der Waals surface area contributed by atoms with Gasteiger partial charge in [-0.25, -0.2) is 0 Å². The number of hydrogen-bond acceptors (Lipinski definition) is 2. The first-order valence-electron chi connectivity index (χ1n) is 2.94. The second-order valence-electron chi connectivity index (χ2n) is 2.61. The van der Waals surface area contributed by atoms with Gasteiger partial charge in [-0.05, 0) is 21.0 Å². The minimum absolute atomic E-state index is 0.0540. The van der Waals surface area contributed by atoms with Crippen LogP contribution < -0.4 is 0 Å². The van der Waals surface area contributed by atoms with Crippen molar-refractivity contribution in [3.8, 4) is 0 Å².